The molecule has 2 aliphatic rings. The number of piperidine rings is 1. The van der Waals surface area contributed by atoms with Gasteiger partial charge in [-0.3, -0.25) is 19.3 Å². The second-order valence-electron chi connectivity index (χ2n) is 8.22. The minimum absolute atomic E-state index is 0.0981. The molecule has 1 N–H and O–H groups in total. The zero-order chi connectivity index (χ0) is 22.3. The number of rotatable bonds is 6. The summed E-state index contributed by atoms with van der Waals surface area (Å²) in [6.07, 6.45) is 3.37. The number of aromatic nitrogens is 1. The van der Waals surface area contributed by atoms with E-state index in [4.69, 9.17) is 4.52 Å². The van der Waals surface area contributed by atoms with Crippen molar-refractivity contribution >= 4 is 17.7 Å². The lowest BCUT2D eigenvalue weighted by Crippen LogP contribution is -2.53. The first-order chi connectivity index (χ1) is 15.6. The molecule has 0 radical (unpaired) electrons. The SMILES string of the molecule is O=C(NCC(=O)N1CCN(CC(=O)N2CCCCC2)CC1)c1cc(-c2ccccc2)on1. The van der Waals surface area contributed by atoms with Crippen molar-refractivity contribution in [2.45, 2.75) is 19.3 Å². The van der Waals surface area contributed by atoms with E-state index in [1.54, 1.807) is 11.0 Å². The third-order valence-corrected chi connectivity index (χ3v) is 5.99. The van der Waals surface area contributed by atoms with Crippen molar-refractivity contribution in [3.8, 4) is 11.3 Å². The molecule has 2 aliphatic heterocycles. The average molecular weight is 440 g/mol. The minimum atomic E-state index is -0.449. The Bertz CT molecular complexity index is 931. The van der Waals surface area contributed by atoms with E-state index < -0.39 is 5.91 Å². The van der Waals surface area contributed by atoms with Gasteiger partial charge in [0.1, 0.15) is 0 Å². The van der Waals surface area contributed by atoms with Gasteiger partial charge >= 0.3 is 0 Å². The number of piperazine rings is 1. The molecule has 3 heterocycles. The van der Waals surface area contributed by atoms with Crippen LogP contribution in [0.25, 0.3) is 11.3 Å². The Hall–Kier alpha value is -3.20. The highest BCUT2D eigenvalue weighted by Crippen LogP contribution is 2.19. The molecule has 2 saturated heterocycles. The summed E-state index contributed by atoms with van der Waals surface area (Å²) in [4.78, 5) is 43.1. The number of likely N-dealkylation sites (tertiary alicyclic amines) is 1. The van der Waals surface area contributed by atoms with Crippen molar-refractivity contribution < 1.29 is 18.9 Å². The predicted molar refractivity (Wildman–Crippen MR) is 118 cm³/mol. The van der Waals surface area contributed by atoms with Crippen LogP contribution in [-0.4, -0.2) is 89.9 Å². The molecule has 2 aromatic rings. The van der Waals surface area contributed by atoms with Crippen molar-refractivity contribution in [1.82, 2.24) is 25.2 Å². The van der Waals surface area contributed by atoms with Gasteiger partial charge in [-0.15, -0.1) is 0 Å². The van der Waals surface area contributed by atoms with Gasteiger partial charge in [0.25, 0.3) is 5.91 Å². The molecule has 0 bridgehead atoms. The lowest BCUT2D eigenvalue weighted by molar-refractivity contribution is -0.135. The molecule has 1 aromatic carbocycles. The zero-order valence-electron chi connectivity index (χ0n) is 18.2. The van der Waals surface area contributed by atoms with Crippen LogP contribution in [0.5, 0.6) is 0 Å². The van der Waals surface area contributed by atoms with Crippen molar-refractivity contribution in [1.29, 1.82) is 0 Å². The quantitative estimate of drug-likeness (QED) is 0.727. The maximum absolute atomic E-state index is 12.5. The van der Waals surface area contributed by atoms with Crippen LogP contribution in [0.3, 0.4) is 0 Å². The van der Waals surface area contributed by atoms with E-state index in [2.05, 4.69) is 15.4 Å². The Morgan fingerprint density at radius 1 is 0.875 bits per heavy atom. The molecular weight excluding hydrogens is 410 g/mol. The number of nitrogens with one attached hydrogen (secondary N) is 1. The maximum Gasteiger partial charge on any atom is 0.273 e. The van der Waals surface area contributed by atoms with Crippen LogP contribution >= 0.6 is 0 Å². The topological polar surface area (TPSA) is 99.0 Å². The van der Waals surface area contributed by atoms with Gasteiger partial charge in [-0.2, -0.15) is 0 Å². The first-order valence-electron chi connectivity index (χ1n) is 11.2. The van der Waals surface area contributed by atoms with Gasteiger partial charge in [-0.05, 0) is 19.3 Å². The van der Waals surface area contributed by atoms with Crippen LogP contribution in [0.15, 0.2) is 40.9 Å². The molecule has 1 aromatic heterocycles. The third kappa shape index (κ3) is 5.53. The summed E-state index contributed by atoms with van der Waals surface area (Å²) in [6.45, 7) is 4.43. The van der Waals surface area contributed by atoms with Crippen LogP contribution in [0.1, 0.15) is 29.8 Å². The van der Waals surface area contributed by atoms with E-state index in [0.29, 0.717) is 38.5 Å². The van der Waals surface area contributed by atoms with Crippen LogP contribution < -0.4 is 5.32 Å². The molecule has 170 valence electrons. The zero-order valence-corrected chi connectivity index (χ0v) is 18.2. The third-order valence-electron chi connectivity index (χ3n) is 5.99. The summed E-state index contributed by atoms with van der Waals surface area (Å²) in [6, 6.07) is 10.9. The smallest absolute Gasteiger partial charge is 0.273 e. The first kappa shape index (κ1) is 22.0. The fraction of sp³-hybridized carbons (Fsp3) is 0.478. The molecule has 9 nitrogen and oxygen atoms in total. The second-order valence-corrected chi connectivity index (χ2v) is 8.22. The first-order valence-corrected chi connectivity index (χ1v) is 11.2. The van der Waals surface area contributed by atoms with Crippen LogP contribution in [0.2, 0.25) is 0 Å². The number of hydrogen-bond acceptors (Lipinski definition) is 6. The van der Waals surface area contributed by atoms with Crippen LogP contribution in [-0.2, 0) is 9.59 Å². The summed E-state index contributed by atoms with van der Waals surface area (Å²) in [5.41, 5.74) is 0.962. The van der Waals surface area contributed by atoms with Crippen molar-refractivity contribution in [2.24, 2.45) is 0 Å². The predicted octanol–water partition coefficient (Wildman–Crippen LogP) is 1.23. The molecule has 0 spiro atoms. The second kappa shape index (κ2) is 10.4. The Kier molecular flexibility index (Phi) is 7.16. The molecule has 0 saturated carbocycles. The average Bonchev–Trinajstić information content (AvgIpc) is 3.34. The van der Waals surface area contributed by atoms with Gasteiger partial charge in [0, 0.05) is 50.9 Å². The number of nitrogens with zero attached hydrogens (tertiary/aromatic N) is 4. The van der Waals surface area contributed by atoms with Crippen molar-refractivity contribution in [3.05, 3.63) is 42.1 Å². The normalized spacial score (nSPS) is 17.2. The lowest BCUT2D eigenvalue weighted by Gasteiger charge is -2.36. The van der Waals surface area contributed by atoms with Gasteiger partial charge < -0.3 is 19.6 Å². The van der Waals surface area contributed by atoms with E-state index >= 15 is 0 Å². The number of carbonyl (C=O) groups is 3. The van der Waals surface area contributed by atoms with E-state index in [-0.39, 0.29) is 24.1 Å². The van der Waals surface area contributed by atoms with Gasteiger partial charge in [0.2, 0.25) is 11.8 Å². The number of carbonyl (C=O) groups excluding carboxylic acids is 3. The Labute approximate surface area is 187 Å². The summed E-state index contributed by atoms with van der Waals surface area (Å²) >= 11 is 0. The monoisotopic (exact) mass is 439 g/mol. The van der Waals surface area contributed by atoms with Gasteiger partial charge in [0.15, 0.2) is 11.5 Å². The van der Waals surface area contributed by atoms with E-state index in [1.165, 1.54) is 6.42 Å². The fourth-order valence-electron chi connectivity index (χ4n) is 4.07. The van der Waals surface area contributed by atoms with E-state index in [9.17, 15) is 14.4 Å². The van der Waals surface area contributed by atoms with Crippen molar-refractivity contribution in [2.75, 3.05) is 52.4 Å². The molecule has 4 rings (SSSR count). The highest BCUT2D eigenvalue weighted by Gasteiger charge is 2.25. The summed E-state index contributed by atoms with van der Waals surface area (Å²) in [5, 5.41) is 6.42. The molecule has 2 fully saturated rings. The minimum Gasteiger partial charge on any atom is -0.355 e. The Morgan fingerprint density at radius 2 is 1.56 bits per heavy atom. The largest absolute Gasteiger partial charge is 0.355 e. The maximum atomic E-state index is 12.5. The fourth-order valence-corrected chi connectivity index (χ4v) is 4.07. The number of benzene rings is 1. The molecular formula is C23H29N5O4. The highest BCUT2D eigenvalue weighted by molar-refractivity contribution is 5.95. The van der Waals surface area contributed by atoms with E-state index in [0.717, 1.165) is 31.5 Å². The summed E-state index contributed by atoms with van der Waals surface area (Å²) in [5.74, 6) is 0.0821. The van der Waals surface area contributed by atoms with Gasteiger partial charge in [-0.1, -0.05) is 35.5 Å². The Morgan fingerprint density at radius 3 is 2.28 bits per heavy atom. The van der Waals surface area contributed by atoms with Crippen LogP contribution in [0.4, 0.5) is 0 Å². The summed E-state index contributed by atoms with van der Waals surface area (Å²) in [7, 11) is 0. The molecule has 0 aliphatic carbocycles. The lowest BCUT2D eigenvalue weighted by atomic mass is 10.1. The Balaban J connectivity index is 1.19. The van der Waals surface area contributed by atoms with E-state index in [1.807, 2.05) is 35.2 Å². The highest BCUT2D eigenvalue weighted by atomic mass is 16.5. The number of hydrogen-bond donors (Lipinski definition) is 1. The molecule has 3 amide bonds. The molecule has 32 heavy (non-hydrogen) atoms. The van der Waals surface area contributed by atoms with Gasteiger partial charge in [0.05, 0.1) is 13.1 Å². The molecule has 0 atom stereocenters. The van der Waals surface area contributed by atoms with Crippen LogP contribution in [0, 0.1) is 0 Å². The number of amides is 3. The summed E-state index contributed by atoms with van der Waals surface area (Å²) < 4.78 is 5.24. The standard InChI is InChI=1S/C23H29N5O4/c29-21(16-24-23(31)19-15-20(32-25-19)18-7-3-1-4-8-18)28-13-11-26(12-14-28)17-22(30)27-9-5-2-6-10-27/h1,3-4,7-8,15H,2,5-6,9-14,16-17H2,(H,24,31). The van der Waals surface area contributed by atoms with Gasteiger partial charge in [-0.25, -0.2) is 0 Å². The van der Waals surface area contributed by atoms with Crippen molar-refractivity contribution in [3.63, 3.8) is 0 Å². The molecule has 9 heteroatoms. The molecule has 0 unspecified atom stereocenters.